The number of hydrogen-bond acceptors (Lipinski definition) is 3. The molecule has 54 valence electrons. The van der Waals surface area contributed by atoms with Gasteiger partial charge in [0.15, 0.2) is 6.07 Å². The molecule has 0 rings (SSSR count). The van der Waals surface area contributed by atoms with Crippen LogP contribution in [-0.2, 0) is 9.53 Å². The van der Waals surface area contributed by atoms with Crippen LogP contribution in [0.3, 0.4) is 0 Å². The highest BCUT2D eigenvalue weighted by molar-refractivity contribution is 6.17. The summed E-state index contributed by atoms with van der Waals surface area (Å²) < 4.78 is 4.41. The van der Waals surface area contributed by atoms with Crippen LogP contribution < -0.4 is 5.73 Å². The predicted molar refractivity (Wildman–Crippen MR) is 35.1 cm³/mol. The Balaban J connectivity index is 3.74. The van der Waals surface area contributed by atoms with E-state index in [1.807, 2.05) is 0 Å². The summed E-state index contributed by atoms with van der Waals surface area (Å²) in [6.07, 6.45) is 0. The highest BCUT2D eigenvalue weighted by Gasteiger charge is 2.22. The zero-order valence-electron chi connectivity index (χ0n) is 5.48. The lowest BCUT2D eigenvalue weighted by atomic mass is 10.1. The van der Waals surface area contributed by atoms with Gasteiger partial charge >= 0.3 is 5.97 Å². The van der Waals surface area contributed by atoms with Gasteiger partial charge in [-0.1, -0.05) is 11.6 Å². The van der Waals surface area contributed by atoms with Crippen LogP contribution in [0.4, 0.5) is 0 Å². The first-order valence-corrected chi connectivity index (χ1v) is 3.04. The highest BCUT2D eigenvalue weighted by Crippen LogP contribution is 1.99. The van der Waals surface area contributed by atoms with Gasteiger partial charge in [0.1, 0.15) is 5.54 Å². The van der Waals surface area contributed by atoms with Gasteiger partial charge in [-0.05, 0) is 13.8 Å². The molecule has 0 aliphatic rings. The average molecular weight is 152 g/mol. The first-order chi connectivity index (χ1) is 3.98. The predicted octanol–water partition coefficient (Wildman–Crippen LogP) is 0.463. The number of carbonyl (C=O) groups is 1. The second kappa shape index (κ2) is 3.03. The standard InChI is InChI=1S/C5H10ClNO2/c1-5(2,7)4(8)9-3-6/h3,7H2,1-2H3. The molecule has 0 aromatic carbocycles. The lowest BCUT2D eigenvalue weighted by molar-refractivity contribution is -0.146. The average Bonchev–Trinajstić information content (AvgIpc) is 1.64. The van der Waals surface area contributed by atoms with Gasteiger partial charge in [-0.2, -0.15) is 0 Å². The minimum atomic E-state index is -0.936. The Labute approximate surface area is 59.1 Å². The fourth-order valence-electron chi connectivity index (χ4n) is 0.236. The molecule has 3 nitrogen and oxygen atoms in total. The van der Waals surface area contributed by atoms with E-state index in [1.54, 1.807) is 13.8 Å². The van der Waals surface area contributed by atoms with E-state index in [2.05, 4.69) is 4.74 Å². The quantitative estimate of drug-likeness (QED) is 0.461. The van der Waals surface area contributed by atoms with E-state index in [0.717, 1.165) is 0 Å². The summed E-state index contributed by atoms with van der Waals surface area (Å²) in [5.74, 6) is -0.488. The lowest BCUT2D eigenvalue weighted by Gasteiger charge is -2.14. The van der Waals surface area contributed by atoms with Crippen molar-refractivity contribution >= 4 is 17.6 Å². The largest absolute Gasteiger partial charge is 0.448 e. The molecule has 9 heavy (non-hydrogen) atoms. The Bertz CT molecular complexity index is 108. The Morgan fingerprint density at radius 3 is 2.33 bits per heavy atom. The van der Waals surface area contributed by atoms with Gasteiger partial charge in [-0.25, -0.2) is 0 Å². The van der Waals surface area contributed by atoms with Crippen LogP contribution in [0.2, 0.25) is 0 Å². The van der Waals surface area contributed by atoms with Crippen molar-refractivity contribution in [2.45, 2.75) is 19.4 Å². The molecule has 0 saturated heterocycles. The molecule has 0 spiro atoms. The molecule has 0 amide bonds. The van der Waals surface area contributed by atoms with Crippen molar-refractivity contribution in [3.8, 4) is 0 Å². The summed E-state index contributed by atoms with van der Waals surface area (Å²) in [5.41, 5.74) is 4.40. The third-order valence-electron chi connectivity index (χ3n) is 0.712. The summed E-state index contributed by atoms with van der Waals surface area (Å²) in [6, 6.07) is -0.139. The van der Waals surface area contributed by atoms with E-state index >= 15 is 0 Å². The maximum atomic E-state index is 10.6. The SMILES string of the molecule is CC(C)(N)C(=O)OCCl. The number of alkyl halides is 1. The molecule has 0 heterocycles. The summed E-state index contributed by atoms with van der Waals surface area (Å²) in [5, 5.41) is 0. The minimum absolute atomic E-state index is 0.139. The van der Waals surface area contributed by atoms with Gasteiger partial charge in [0, 0.05) is 0 Å². The maximum absolute atomic E-state index is 10.6. The number of carbonyl (C=O) groups excluding carboxylic acids is 1. The van der Waals surface area contributed by atoms with Crippen LogP contribution in [0, 0.1) is 0 Å². The van der Waals surface area contributed by atoms with Crippen molar-refractivity contribution in [2.24, 2.45) is 5.73 Å². The molecular weight excluding hydrogens is 142 g/mol. The van der Waals surface area contributed by atoms with Crippen molar-refractivity contribution in [3.05, 3.63) is 0 Å². The number of hydrogen-bond donors (Lipinski definition) is 1. The third-order valence-corrected chi connectivity index (χ3v) is 0.821. The maximum Gasteiger partial charge on any atom is 0.326 e. The Kier molecular flexibility index (Phi) is 2.94. The van der Waals surface area contributed by atoms with Crippen LogP contribution in [0.1, 0.15) is 13.8 Å². The molecule has 0 radical (unpaired) electrons. The Morgan fingerprint density at radius 1 is 1.78 bits per heavy atom. The molecule has 0 aromatic rings. The van der Waals surface area contributed by atoms with Crippen LogP contribution in [-0.4, -0.2) is 17.6 Å². The van der Waals surface area contributed by atoms with Crippen molar-refractivity contribution in [1.82, 2.24) is 0 Å². The van der Waals surface area contributed by atoms with E-state index in [4.69, 9.17) is 17.3 Å². The second-order valence-corrected chi connectivity index (χ2v) is 2.48. The molecule has 2 N–H and O–H groups in total. The van der Waals surface area contributed by atoms with E-state index in [9.17, 15) is 4.79 Å². The smallest absolute Gasteiger partial charge is 0.326 e. The number of rotatable bonds is 2. The van der Waals surface area contributed by atoms with Crippen LogP contribution in [0.25, 0.3) is 0 Å². The van der Waals surface area contributed by atoms with E-state index in [1.165, 1.54) is 0 Å². The van der Waals surface area contributed by atoms with Gasteiger partial charge in [0.05, 0.1) is 0 Å². The van der Waals surface area contributed by atoms with Crippen LogP contribution in [0.5, 0.6) is 0 Å². The highest BCUT2D eigenvalue weighted by atomic mass is 35.5. The molecule has 0 aliphatic carbocycles. The minimum Gasteiger partial charge on any atom is -0.448 e. The van der Waals surface area contributed by atoms with Crippen LogP contribution >= 0.6 is 11.6 Å². The van der Waals surface area contributed by atoms with Crippen molar-refractivity contribution in [3.63, 3.8) is 0 Å². The number of esters is 1. The van der Waals surface area contributed by atoms with E-state index in [-0.39, 0.29) is 6.07 Å². The fraction of sp³-hybridized carbons (Fsp3) is 0.800. The Morgan fingerprint density at radius 2 is 2.22 bits per heavy atom. The zero-order valence-corrected chi connectivity index (χ0v) is 6.23. The van der Waals surface area contributed by atoms with Gasteiger partial charge in [-0.15, -0.1) is 0 Å². The summed E-state index contributed by atoms with van der Waals surface area (Å²) in [7, 11) is 0. The van der Waals surface area contributed by atoms with E-state index in [0.29, 0.717) is 0 Å². The van der Waals surface area contributed by atoms with Gasteiger partial charge < -0.3 is 10.5 Å². The van der Waals surface area contributed by atoms with Gasteiger partial charge in [0.25, 0.3) is 0 Å². The molecule has 0 bridgehead atoms. The molecular formula is C5H10ClNO2. The molecule has 0 fully saturated rings. The molecule has 0 aromatic heterocycles. The molecule has 0 aliphatic heterocycles. The van der Waals surface area contributed by atoms with Gasteiger partial charge in [0.2, 0.25) is 0 Å². The van der Waals surface area contributed by atoms with Crippen molar-refractivity contribution < 1.29 is 9.53 Å². The van der Waals surface area contributed by atoms with E-state index < -0.39 is 11.5 Å². The molecule has 0 atom stereocenters. The first kappa shape index (κ1) is 8.72. The first-order valence-electron chi connectivity index (χ1n) is 2.50. The zero-order chi connectivity index (χ0) is 7.49. The monoisotopic (exact) mass is 151 g/mol. The summed E-state index contributed by atoms with van der Waals surface area (Å²) in [6.45, 7) is 3.11. The Hall–Kier alpha value is -0.280. The summed E-state index contributed by atoms with van der Waals surface area (Å²) >= 11 is 5.10. The van der Waals surface area contributed by atoms with Gasteiger partial charge in [-0.3, -0.25) is 4.79 Å². The third kappa shape index (κ3) is 3.32. The topological polar surface area (TPSA) is 52.3 Å². The summed E-state index contributed by atoms with van der Waals surface area (Å²) in [4.78, 5) is 10.6. The van der Waals surface area contributed by atoms with Crippen LogP contribution in [0.15, 0.2) is 0 Å². The molecule has 0 unspecified atom stereocenters. The number of halogens is 1. The molecule has 0 saturated carbocycles. The normalized spacial score (nSPS) is 11.1. The molecule has 4 heteroatoms. The second-order valence-electron chi connectivity index (χ2n) is 2.26. The van der Waals surface area contributed by atoms with Crippen molar-refractivity contribution in [1.29, 1.82) is 0 Å². The lowest BCUT2D eigenvalue weighted by Crippen LogP contribution is -2.42. The number of nitrogens with two attached hydrogens (primary N) is 1. The fourth-order valence-corrected chi connectivity index (χ4v) is 0.335. The number of ether oxygens (including phenoxy) is 1. The van der Waals surface area contributed by atoms with Crippen molar-refractivity contribution in [2.75, 3.05) is 6.07 Å².